The Kier molecular flexibility index (Phi) is 3.59. The number of hydrogen-bond acceptors (Lipinski definition) is 3. The van der Waals surface area contributed by atoms with Crippen LogP contribution in [-0.2, 0) is 9.53 Å². The van der Waals surface area contributed by atoms with E-state index < -0.39 is 0 Å². The minimum absolute atomic E-state index is 0.0809. The first-order valence-electron chi connectivity index (χ1n) is 5.90. The molecule has 0 bridgehead atoms. The number of ether oxygens (including phenoxy) is 1. The summed E-state index contributed by atoms with van der Waals surface area (Å²) in [5.74, 6) is 0.620. The first kappa shape index (κ1) is 10.9. The lowest BCUT2D eigenvalue weighted by atomic mass is 9.84. The van der Waals surface area contributed by atoms with Crippen LogP contribution >= 0.6 is 0 Å². The predicted octanol–water partition coefficient (Wildman–Crippen LogP) is 0.363. The second-order valence-electron chi connectivity index (χ2n) is 4.48. The third-order valence-corrected chi connectivity index (χ3v) is 3.57. The fourth-order valence-corrected chi connectivity index (χ4v) is 2.78. The molecule has 0 radical (unpaired) electrons. The Balaban J connectivity index is 2.09. The van der Waals surface area contributed by atoms with Crippen LogP contribution in [0.2, 0.25) is 0 Å². The van der Waals surface area contributed by atoms with E-state index in [1.165, 1.54) is 19.3 Å². The summed E-state index contributed by atoms with van der Waals surface area (Å²) in [6.07, 6.45) is 4.82. The van der Waals surface area contributed by atoms with E-state index in [1.807, 2.05) is 4.90 Å². The second-order valence-corrected chi connectivity index (χ2v) is 4.48. The average molecular weight is 212 g/mol. The molecule has 2 fully saturated rings. The number of hydrogen-bond donors (Lipinski definition) is 1. The summed E-state index contributed by atoms with van der Waals surface area (Å²) in [6.45, 7) is 2.33. The minimum Gasteiger partial charge on any atom is -0.379 e. The van der Waals surface area contributed by atoms with Crippen molar-refractivity contribution in [3.05, 3.63) is 0 Å². The molecule has 1 heterocycles. The highest BCUT2D eigenvalue weighted by atomic mass is 16.5. The average Bonchev–Trinajstić information content (AvgIpc) is 2.50. The third kappa shape index (κ3) is 2.32. The normalized spacial score (nSPS) is 31.9. The van der Waals surface area contributed by atoms with Crippen molar-refractivity contribution in [2.45, 2.75) is 31.7 Å². The molecule has 4 nitrogen and oxygen atoms in total. The molecular weight excluding hydrogens is 192 g/mol. The van der Waals surface area contributed by atoms with E-state index in [4.69, 9.17) is 10.5 Å². The molecule has 2 atom stereocenters. The molecule has 2 unspecified atom stereocenters. The van der Waals surface area contributed by atoms with Gasteiger partial charge in [0, 0.05) is 18.5 Å². The zero-order valence-corrected chi connectivity index (χ0v) is 9.15. The lowest BCUT2D eigenvalue weighted by Gasteiger charge is -2.37. The SMILES string of the molecule is NCC(=O)N1CCOCC2CCCCC21. The maximum atomic E-state index is 11.7. The quantitative estimate of drug-likeness (QED) is 0.683. The molecule has 15 heavy (non-hydrogen) atoms. The molecule has 1 saturated heterocycles. The maximum absolute atomic E-state index is 11.7. The van der Waals surface area contributed by atoms with Crippen molar-refractivity contribution in [3.63, 3.8) is 0 Å². The van der Waals surface area contributed by atoms with Gasteiger partial charge >= 0.3 is 0 Å². The Morgan fingerprint density at radius 2 is 2.20 bits per heavy atom. The number of amides is 1. The number of nitrogens with zero attached hydrogens (tertiary/aromatic N) is 1. The Bertz CT molecular complexity index is 233. The Morgan fingerprint density at radius 3 is 3.00 bits per heavy atom. The van der Waals surface area contributed by atoms with Gasteiger partial charge < -0.3 is 15.4 Å². The molecule has 4 heteroatoms. The smallest absolute Gasteiger partial charge is 0.236 e. The molecule has 2 rings (SSSR count). The Morgan fingerprint density at radius 1 is 1.40 bits per heavy atom. The van der Waals surface area contributed by atoms with Gasteiger partial charge in [-0.05, 0) is 12.8 Å². The van der Waals surface area contributed by atoms with Crippen LogP contribution < -0.4 is 5.73 Å². The third-order valence-electron chi connectivity index (χ3n) is 3.57. The molecule has 0 aromatic heterocycles. The fourth-order valence-electron chi connectivity index (χ4n) is 2.78. The Labute approximate surface area is 90.8 Å². The highest BCUT2D eigenvalue weighted by Gasteiger charge is 2.34. The van der Waals surface area contributed by atoms with Crippen molar-refractivity contribution >= 4 is 5.91 Å². The van der Waals surface area contributed by atoms with Crippen LogP contribution in [-0.4, -0.2) is 43.2 Å². The number of nitrogens with two attached hydrogens (primary N) is 1. The monoisotopic (exact) mass is 212 g/mol. The highest BCUT2D eigenvalue weighted by molar-refractivity contribution is 5.78. The summed E-state index contributed by atoms with van der Waals surface area (Å²) in [4.78, 5) is 13.7. The summed E-state index contributed by atoms with van der Waals surface area (Å²) in [5, 5.41) is 0. The first-order valence-corrected chi connectivity index (χ1v) is 5.90. The van der Waals surface area contributed by atoms with Crippen molar-refractivity contribution in [1.29, 1.82) is 0 Å². The lowest BCUT2D eigenvalue weighted by Crippen LogP contribution is -2.48. The highest BCUT2D eigenvalue weighted by Crippen LogP contribution is 2.30. The van der Waals surface area contributed by atoms with Crippen LogP contribution in [0.5, 0.6) is 0 Å². The molecule has 1 aliphatic heterocycles. The van der Waals surface area contributed by atoms with Gasteiger partial charge in [-0.3, -0.25) is 4.79 Å². The van der Waals surface area contributed by atoms with Crippen molar-refractivity contribution in [2.75, 3.05) is 26.3 Å². The molecule has 0 aromatic rings. The van der Waals surface area contributed by atoms with Gasteiger partial charge in [-0.25, -0.2) is 0 Å². The lowest BCUT2D eigenvalue weighted by molar-refractivity contribution is -0.133. The van der Waals surface area contributed by atoms with E-state index >= 15 is 0 Å². The van der Waals surface area contributed by atoms with Gasteiger partial charge in [-0.15, -0.1) is 0 Å². The van der Waals surface area contributed by atoms with E-state index in [9.17, 15) is 4.79 Å². The molecular formula is C11H20N2O2. The van der Waals surface area contributed by atoms with E-state index in [0.717, 1.165) is 19.6 Å². The molecule has 2 N–H and O–H groups in total. The van der Waals surface area contributed by atoms with Gasteiger partial charge in [-0.2, -0.15) is 0 Å². The van der Waals surface area contributed by atoms with Gasteiger partial charge in [-0.1, -0.05) is 12.8 Å². The van der Waals surface area contributed by atoms with Crippen molar-refractivity contribution in [1.82, 2.24) is 4.90 Å². The molecule has 86 valence electrons. The van der Waals surface area contributed by atoms with Gasteiger partial charge in [0.2, 0.25) is 5.91 Å². The second kappa shape index (κ2) is 4.94. The maximum Gasteiger partial charge on any atom is 0.236 e. The van der Waals surface area contributed by atoms with E-state index in [1.54, 1.807) is 0 Å². The summed E-state index contributed by atoms with van der Waals surface area (Å²) in [5.41, 5.74) is 5.44. The molecule has 0 aromatic carbocycles. The van der Waals surface area contributed by atoms with Crippen LogP contribution in [0.1, 0.15) is 25.7 Å². The molecule has 1 aliphatic carbocycles. The van der Waals surface area contributed by atoms with Crippen LogP contribution in [0, 0.1) is 5.92 Å². The molecule has 0 spiro atoms. The number of carbonyl (C=O) groups is 1. The topological polar surface area (TPSA) is 55.6 Å². The van der Waals surface area contributed by atoms with Gasteiger partial charge in [0.1, 0.15) is 0 Å². The zero-order valence-electron chi connectivity index (χ0n) is 9.15. The minimum atomic E-state index is 0.0809. The van der Waals surface area contributed by atoms with Gasteiger partial charge in [0.05, 0.1) is 19.8 Å². The van der Waals surface area contributed by atoms with Crippen molar-refractivity contribution in [3.8, 4) is 0 Å². The fraction of sp³-hybridized carbons (Fsp3) is 0.909. The molecule has 1 saturated carbocycles. The van der Waals surface area contributed by atoms with Crippen molar-refractivity contribution < 1.29 is 9.53 Å². The molecule has 1 amide bonds. The largest absolute Gasteiger partial charge is 0.379 e. The summed E-state index contributed by atoms with van der Waals surface area (Å²) >= 11 is 0. The van der Waals surface area contributed by atoms with Crippen LogP contribution in [0.25, 0.3) is 0 Å². The van der Waals surface area contributed by atoms with Crippen LogP contribution in [0.3, 0.4) is 0 Å². The van der Waals surface area contributed by atoms with Crippen molar-refractivity contribution in [2.24, 2.45) is 11.7 Å². The predicted molar refractivity (Wildman–Crippen MR) is 57.3 cm³/mol. The Hall–Kier alpha value is -0.610. The van der Waals surface area contributed by atoms with Gasteiger partial charge in [0.25, 0.3) is 0 Å². The zero-order chi connectivity index (χ0) is 10.7. The van der Waals surface area contributed by atoms with Crippen LogP contribution in [0.4, 0.5) is 0 Å². The summed E-state index contributed by atoms with van der Waals surface area (Å²) in [6, 6.07) is 0.386. The van der Waals surface area contributed by atoms with E-state index in [2.05, 4.69) is 0 Å². The number of carbonyl (C=O) groups excluding carboxylic acids is 1. The number of rotatable bonds is 1. The standard InChI is InChI=1S/C11H20N2O2/c12-7-11(14)13-5-6-15-8-9-3-1-2-4-10(9)13/h9-10H,1-8,12H2. The van der Waals surface area contributed by atoms with Crippen LogP contribution in [0.15, 0.2) is 0 Å². The summed E-state index contributed by atoms with van der Waals surface area (Å²) in [7, 11) is 0. The number of fused-ring (bicyclic) bond motifs is 1. The van der Waals surface area contributed by atoms with E-state index in [0.29, 0.717) is 18.6 Å². The molecule has 2 aliphatic rings. The first-order chi connectivity index (χ1) is 7.33. The van der Waals surface area contributed by atoms with Gasteiger partial charge in [0.15, 0.2) is 0 Å². The summed E-state index contributed by atoms with van der Waals surface area (Å²) < 4.78 is 5.55. The van der Waals surface area contributed by atoms with E-state index in [-0.39, 0.29) is 12.5 Å².